The van der Waals surface area contributed by atoms with Gasteiger partial charge in [0.1, 0.15) is 0 Å². The summed E-state index contributed by atoms with van der Waals surface area (Å²) in [5, 5.41) is 3.30. The van der Waals surface area contributed by atoms with Crippen molar-refractivity contribution in [3.05, 3.63) is 16.1 Å². The zero-order valence-corrected chi connectivity index (χ0v) is 14.1. The topological polar surface area (TPSA) is 16.1 Å². The van der Waals surface area contributed by atoms with E-state index in [0.29, 0.717) is 11.9 Å². The second-order valence-corrected chi connectivity index (χ2v) is 6.52. The summed E-state index contributed by atoms with van der Waals surface area (Å²) in [7, 11) is 0. The Hall–Kier alpha value is -0.120. The van der Waals surface area contributed by atoms with E-state index >= 15 is 0 Å². The van der Waals surface area contributed by atoms with Crippen LogP contribution in [0.2, 0.25) is 0 Å². The summed E-state index contributed by atoms with van der Waals surface area (Å²) in [6, 6.07) is 0.645. The second kappa shape index (κ2) is 9.73. The van der Waals surface area contributed by atoms with E-state index in [0.717, 1.165) is 12.1 Å². The van der Waals surface area contributed by atoms with Gasteiger partial charge < -0.3 is 4.90 Å². The number of aromatic nitrogens is 1. The molecule has 0 amide bonds. The molecule has 2 nitrogen and oxygen atoms in total. The minimum absolute atomic E-state index is 0.533. The van der Waals surface area contributed by atoms with Crippen molar-refractivity contribution in [3.63, 3.8) is 0 Å². The van der Waals surface area contributed by atoms with Gasteiger partial charge in [-0.15, -0.1) is 22.9 Å². The van der Waals surface area contributed by atoms with Crippen LogP contribution in [0.15, 0.2) is 5.38 Å². The van der Waals surface area contributed by atoms with Gasteiger partial charge in [0.25, 0.3) is 0 Å². The van der Waals surface area contributed by atoms with Crippen molar-refractivity contribution >= 4 is 22.9 Å². The van der Waals surface area contributed by atoms with Crippen molar-refractivity contribution in [2.75, 3.05) is 13.1 Å². The predicted molar refractivity (Wildman–Crippen MR) is 86.2 cm³/mol. The van der Waals surface area contributed by atoms with E-state index in [4.69, 9.17) is 11.6 Å². The lowest BCUT2D eigenvalue weighted by Gasteiger charge is -2.26. The standard InChI is InChI=1S/C15H27ClN2S/c1-4-5-6-9-18(13(2)3)10-7-8-15-17-14(11-16)12-19-15/h12-13H,4-11H2,1-3H3. The highest BCUT2D eigenvalue weighted by molar-refractivity contribution is 7.09. The normalized spacial score (nSPS) is 11.7. The average Bonchev–Trinajstić information content (AvgIpc) is 2.85. The molecule has 1 aromatic rings. The molecule has 19 heavy (non-hydrogen) atoms. The molecule has 0 saturated heterocycles. The fourth-order valence-electron chi connectivity index (χ4n) is 2.15. The van der Waals surface area contributed by atoms with Crippen LogP contribution >= 0.6 is 22.9 Å². The second-order valence-electron chi connectivity index (χ2n) is 5.31. The largest absolute Gasteiger partial charge is 0.301 e. The molecule has 0 aliphatic rings. The Kier molecular flexibility index (Phi) is 8.67. The maximum atomic E-state index is 5.77. The summed E-state index contributed by atoms with van der Waals surface area (Å²) >= 11 is 7.51. The molecule has 0 unspecified atom stereocenters. The molecule has 0 aromatic carbocycles. The molecular formula is C15H27ClN2S. The number of aryl methyl sites for hydroxylation is 1. The highest BCUT2D eigenvalue weighted by atomic mass is 35.5. The lowest BCUT2D eigenvalue weighted by atomic mass is 10.2. The van der Waals surface area contributed by atoms with Crippen molar-refractivity contribution in [1.82, 2.24) is 9.88 Å². The van der Waals surface area contributed by atoms with Crippen LogP contribution in [0.3, 0.4) is 0 Å². The Bertz CT molecular complexity index is 339. The zero-order chi connectivity index (χ0) is 14.1. The Labute approximate surface area is 127 Å². The van der Waals surface area contributed by atoms with Gasteiger partial charge in [0.2, 0.25) is 0 Å². The quantitative estimate of drug-likeness (QED) is 0.459. The van der Waals surface area contributed by atoms with Crippen LogP contribution in [0.4, 0.5) is 0 Å². The van der Waals surface area contributed by atoms with Gasteiger partial charge in [-0.05, 0) is 39.8 Å². The van der Waals surface area contributed by atoms with Crippen LogP contribution in [0.1, 0.15) is 57.2 Å². The number of rotatable bonds is 10. The van der Waals surface area contributed by atoms with Gasteiger partial charge in [0.15, 0.2) is 0 Å². The van der Waals surface area contributed by atoms with Gasteiger partial charge in [0, 0.05) is 17.8 Å². The summed E-state index contributed by atoms with van der Waals surface area (Å²) in [6.45, 7) is 9.26. The number of thiazole rings is 1. The average molecular weight is 303 g/mol. The number of nitrogens with zero attached hydrogens (tertiary/aromatic N) is 2. The molecule has 0 aliphatic heterocycles. The summed E-state index contributed by atoms with van der Waals surface area (Å²) in [4.78, 5) is 7.10. The number of hydrogen-bond donors (Lipinski definition) is 0. The minimum Gasteiger partial charge on any atom is -0.301 e. The first-order valence-electron chi connectivity index (χ1n) is 7.40. The Morgan fingerprint density at radius 2 is 2.00 bits per heavy atom. The minimum atomic E-state index is 0.533. The van der Waals surface area contributed by atoms with Crippen LogP contribution < -0.4 is 0 Å². The molecule has 1 aromatic heterocycles. The Morgan fingerprint density at radius 3 is 2.58 bits per heavy atom. The van der Waals surface area contributed by atoms with E-state index < -0.39 is 0 Å². The maximum Gasteiger partial charge on any atom is 0.0929 e. The SMILES string of the molecule is CCCCCN(CCCc1nc(CCl)cs1)C(C)C. The third-order valence-corrected chi connectivity index (χ3v) is 4.58. The molecule has 1 rings (SSSR count). The molecule has 0 aliphatic carbocycles. The number of unbranched alkanes of at least 4 members (excludes halogenated alkanes) is 2. The van der Waals surface area contributed by atoms with Crippen LogP contribution in [0.25, 0.3) is 0 Å². The molecule has 0 saturated carbocycles. The van der Waals surface area contributed by atoms with Crippen molar-refractivity contribution in [2.45, 2.75) is 64.8 Å². The molecule has 0 spiro atoms. The van der Waals surface area contributed by atoms with Crippen molar-refractivity contribution in [3.8, 4) is 0 Å². The van der Waals surface area contributed by atoms with Crippen molar-refractivity contribution in [1.29, 1.82) is 0 Å². The van der Waals surface area contributed by atoms with Gasteiger partial charge in [-0.3, -0.25) is 0 Å². The number of halogens is 1. The first-order valence-corrected chi connectivity index (χ1v) is 8.82. The molecule has 4 heteroatoms. The Morgan fingerprint density at radius 1 is 1.26 bits per heavy atom. The lowest BCUT2D eigenvalue weighted by Crippen LogP contribution is -2.33. The molecule has 1 heterocycles. The third kappa shape index (κ3) is 6.73. The smallest absolute Gasteiger partial charge is 0.0929 e. The summed E-state index contributed by atoms with van der Waals surface area (Å²) in [6.07, 6.45) is 6.24. The number of hydrogen-bond acceptors (Lipinski definition) is 3. The molecule has 0 N–H and O–H groups in total. The predicted octanol–water partition coefficient (Wildman–Crippen LogP) is 4.72. The van der Waals surface area contributed by atoms with Crippen molar-refractivity contribution in [2.24, 2.45) is 0 Å². The molecule has 110 valence electrons. The molecule has 0 radical (unpaired) electrons. The van der Waals surface area contributed by atoms with Crippen LogP contribution in [0, 0.1) is 0 Å². The molecule has 0 fully saturated rings. The van der Waals surface area contributed by atoms with E-state index in [2.05, 4.69) is 36.0 Å². The van der Waals surface area contributed by atoms with Gasteiger partial charge in [0.05, 0.1) is 16.6 Å². The first kappa shape index (κ1) is 16.9. The highest BCUT2D eigenvalue weighted by Crippen LogP contribution is 2.14. The van der Waals surface area contributed by atoms with E-state index in [1.165, 1.54) is 43.8 Å². The Balaban J connectivity index is 2.27. The highest BCUT2D eigenvalue weighted by Gasteiger charge is 2.09. The fraction of sp³-hybridized carbons (Fsp3) is 0.800. The van der Waals surface area contributed by atoms with E-state index in [9.17, 15) is 0 Å². The molecular weight excluding hydrogens is 276 g/mol. The van der Waals surface area contributed by atoms with Crippen LogP contribution in [-0.2, 0) is 12.3 Å². The summed E-state index contributed by atoms with van der Waals surface area (Å²) < 4.78 is 0. The monoisotopic (exact) mass is 302 g/mol. The van der Waals surface area contributed by atoms with E-state index in [1.54, 1.807) is 11.3 Å². The van der Waals surface area contributed by atoms with Crippen LogP contribution in [0.5, 0.6) is 0 Å². The number of alkyl halides is 1. The van der Waals surface area contributed by atoms with Gasteiger partial charge in [-0.25, -0.2) is 4.98 Å². The maximum absolute atomic E-state index is 5.77. The van der Waals surface area contributed by atoms with Gasteiger partial charge in [-0.2, -0.15) is 0 Å². The first-order chi connectivity index (χ1) is 9.17. The molecule has 0 atom stereocenters. The molecule has 0 bridgehead atoms. The lowest BCUT2D eigenvalue weighted by molar-refractivity contribution is 0.215. The van der Waals surface area contributed by atoms with Crippen LogP contribution in [-0.4, -0.2) is 29.0 Å². The van der Waals surface area contributed by atoms with E-state index in [-0.39, 0.29) is 0 Å². The fourth-order valence-corrected chi connectivity index (χ4v) is 3.22. The van der Waals surface area contributed by atoms with E-state index in [1.807, 2.05) is 0 Å². The van der Waals surface area contributed by atoms with Crippen molar-refractivity contribution < 1.29 is 0 Å². The van der Waals surface area contributed by atoms with Gasteiger partial charge in [-0.1, -0.05) is 19.8 Å². The summed E-state index contributed by atoms with van der Waals surface area (Å²) in [5.74, 6) is 0.533. The van der Waals surface area contributed by atoms with Gasteiger partial charge >= 0.3 is 0 Å². The summed E-state index contributed by atoms with van der Waals surface area (Å²) in [5.41, 5.74) is 1.02. The third-order valence-electron chi connectivity index (χ3n) is 3.35. The zero-order valence-electron chi connectivity index (χ0n) is 12.5.